The van der Waals surface area contributed by atoms with E-state index < -0.39 is 6.10 Å². The predicted octanol–water partition coefficient (Wildman–Crippen LogP) is 16.5. The summed E-state index contributed by atoms with van der Waals surface area (Å²) in [4.78, 5) is 37.9. The van der Waals surface area contributed by atoms with Crippen molar-refractivity contribution in [3.63, 3.8) is 0 Å². The fraction of sp³-hybridized carbons (Fsp3) is 0.830. The van der Waals surface area contributed by atoms with Crippen molar-refractivity contribution in [2.24, 2.45) is 0 Å². The first kappa shape index (κ1) is 56.6. The van der Waals surface area contributed by atoms with Crippen LogP contribution in [0, 0.1) is 0 Å². The molecule has 0 bridgehead atoms. The Morgan fingerprint density at radius 1 is 0.339 bits per heavy atom. The van der Waals surface area contributed by atoms with E-state index in [0.29, 0.717) is 19.3 Å². The molecule has 0 saturated heterocycles. The average molecular weight is 829 g/mol. The maximum absolute atomic E-state index is 12.8. The summed E-state index contributed by atoms with van der Waals surface area (Å²) in [6.07, 6.45) is 55.5. The predicted molar refractivity (Wildman–Crippen MR) is 252 cm³/mol. The Morgan fingerprint density at radius 2 is 0.610 bits per heavy atom. The molecule has 0 saturated carbocycles. The lowest BCUT2D eigenvalue weighted by atomic mass is 10.1. The lowest BCUT2D eigenvalue weighted by molar-refractivity contribution is -0.167. The molecule has 0 aliphatic carbocycles. The summed E-state index contributed by atoms with van der Waals surface area (Å²) >= 11 is 0. The van der Waals surface area contributed by atoms with E-state index in [1.165, 1.54) is 141 Å². The van der Waals surface area contributed by atoms with Crippen molar-refractivity contribution in [1.29, 1.82) is 0 Å². The van der Waals surface area contributed by atoms with E-state index in [1.807, 2.05) is 0 Å². The molecule has 0 fully saturated rings. The average Bonchev–Trinajstić information content (AvgIpc) is 3.23. The molecule has 0 unspecified atom stereocenters. The summed E-state index contributed by atoms with van der Waals surface area (Å²) < 4.78 is 16.8. The number of hydrogen-bond acceptors (Lipinski definition) is 6. The molecule has 0 heterocycles. The molecule has 59 heavy (non-hydrogen) atoms. The van der Waals surface area contributed by atoms with Crippen LogP contribution in [0.25, 0.3) is 0 Å². The lowest BCUT2D eigenvalue weighted by Crippen LogP contribution is -2.30. The number of hydrogen-bond donors (Lipinski definition) is 0. The summed E-state index contributed by atoms with van der Waals surface area (Å²) in [5.74, 6) is -0.893. The van der Waals surface area contributed by atoms with Crippen molar-refractivity contribution in [3.8, 4) is 0 Å². The highest BCUT2D eigenvalue weighted by Crippen LogP contribution is 2.15. The third-order valence-corrected chi connectivity index (χ3v) is 11.1. The smallest absolute Gasteiger partial charge is 0.306 e. The number of rotatable bonds is 46. The number of unbranched alkanes of at least 4 members (excludes halogenated alkanes) is 29. The van der Waals surface area contributed by atoms with Crippen LogP contribution < -0.4 is 0 Å². The molecular formula is C53H96O6. The van der Waals surface area contributed by atoms with Gasteiger partial charge in [0.2, 0.25) is 0 Å². The van der Waals surface area contributed by atoms with Crippen LogP contribution >= 0.6 is 0 Å². The second-order valence-corrected chi connectivity index (χ2v) is 17.1. The van der Waals surface area contributed by atoms with Crippen molar-refractivity contribution >= 4 is 17.9 Å². The summed E-state index contributed by atoms with van der Waals surface area (Å²) in [5, 5.41) is 0. The molecular weight excluding hydrogens is 733 g/mol. The Bertz CT molecular complexity index is 1000. The molecule has 0 N–H and O–H groups in total. The van der Waals surface area contributed by atoms with Gasteiger partial charge in [0, 0.05) is 19.3 Å². The van der Waals surface area contributed by atoms with Crippen molar-refractivity contribution in [2.75, 3.05) is 13.2 Å². The first-order valence-electron chi connectivity index (χ1n) is 25.5. The minimum absolute atomic E-state index is 0.0774. The third kappa shape index (κ3) is 46.5. The van der Waals surface area contributed by atoms with E-state index in [2.05, 4.69) is 57.2 Å². The van der Waals surface area contributed by atoms with Gasteiger partial charge in [-0.15, -0.1) is 0 Å². The van der Waals surface area contributed by atoms with Gasteiger partial charge in [0.25, 0.3) is 0 Å². The van der Waals surface area contributed by atoms with Crippen LogP contribution in [-0.2, 0) is 28.6 Å². The molecule has 1 atom stereocenters. The molecule has 0 aromatic carbocycles. The Hall–Kier alpha value is -2.37. The van der Waals surface area contributed by atoms with Gasteiger partial charge in [0.1, 0.15) is 13.2 Å². The lowest BCUT2D eigenvalue weighted by Gasteiger charge is -2.18. The fourth-order valence-electron chi connectivity index (χ4n) is 7.23. The Balaban J connectivity index is 4.38. The zero-order valence-electron chi connectivity index (χ0n) is 39.3. The van der Waals surface area contributed by atoms with Crippen molar-refractivity contribution in [2.45, 2.75) is 271 Å². The van der Waals surface area contributed by atoms with E-state index in [4.69, 9.17) is 14.2 Å². The molecule has 0 spiro atoms. The Morgan fingerprint density at radius 3 is 0.983 bits per heavy atom. The fourth-order valence-corrected chi connectivity index (χ4v) is 7.23. The van der Waals surface area contributed by atoms with E-state index >= 15 is 0 Å². The SMILES string of the molecule is CCCCC/C=C\C/C=C\CCCCCCCC(=O)OC[C@@H](COC(=O)CCCCCCCCCCCCC)OC(=O)CCCCCCC/C=C\CCCCCCCC. The zero-order chi connectivity index (χ0) is 43.0. The van der Waals surface area contributed by atoms with Crippen LogP contribution in [0.5, 0.6) is 0 Å². The van der Waals surface area contributed by atoms with E-state index in [-0.39, 0.29) is 31.1 Å². The van der Waals surface area contributed by atoms with E-state index in [1.54, 1.807) is 0 Å². The topological polar surface area (TPSA) is 78.9 Å². The molecule has 0 aliphatic heterocycles. The monoisotopic (exact) mass is 829 g/mol. The van der Waals surface area contributed by atoms with Gasteiger partial charge in [-0.1, -0.05) is 205 Å². The normalized spacial score (nSPS) is 12.3. The van der Waals surface area contributed by atoms with Crippen molar-refractivity contribution in [3.05, 3.63) is 36.5 Å². The number of allylic oxidation sites excluding steroid dienone is 6. The van der Waals surface area contributed by atoms with Crippen LogP contribution in [0.15, 0.2) is 36.5 Å². The number of carbonyl (C=O) groups excluding carboxylic acids is 3. The van der Waals surface area contributed by atoms with Gasteiger partial charge >= 0.3 is 17.9 Å². The maximum atomic E-state index is 12.8. The van der Waals surface area contributed by atoms with Crippen LogP contribution in [0.1, 0.15) is 265 Å². The molecule has 0 radical (unpaired) electrons. The first-order valence-corrected chi connectivity index (χ1v) is 25.5. The molecule has 0 aromatic heterocycles. The number of carbonyl (C=O) groups is 3. The maximum Gasteiger partial charge on any atom is 0.306 e. The van der Waals surface area contributed by atoms with Crippen molar-refractivity contribution in [1.82, 2.24) is 0 Å². The van der Waals surface area contributed by atoms with Crippen LogP contribution in [0.3, 0.4) is 0 Å². The van der Waals surface area contributed by atoms with Crippen LogP contribution in [0.4, 0.5) is 0 Å². The van der Waals surface area contributed by atoms with Gasteiger partial charge in [-0.3, -0.25) is 14.4 Å². The second kappa shape index (κ2) is 48.3. The van der Waals surface area contributed by atoms with Gasteiger partial charge in [0.15, 0.2) is 6.10 Å². The minimum atomic E-state index is -0.777. The Kier molecular flexibility index (Phi) is 46.4. The van der Waals surface area contributed by atoms with Crippen molar-refractivity contribution < 1.29 is 28.6 Å². The third-order valence-electron chi connectivity index (χ3n) is 11.1. The second-order valence-electron chi connectivity index (χ2n) is 17.1. The Labute approximate surface area is 365 Å². The summed E-state index contributed by atoms with van der Waals surface area (Å²) in [5.41, 5.74) is 0. The molecule has 6 nitrogen and oxygen atoms in total. The summed E-state index contributed by atoms with van der Waals surface area (Å²) in [6.45, 7) is 6.59. The minimum Gasteiger partial charge on any atom is -0.462 e. The quantitative estimate of drug-likeness (QED) is 0.0263. The standard InChI is InChI=1S/C53H96O6/c1-4-7-10-13-16-19-22-24-26-28-31-34-37-40-43-46-52(55)58-49-50(48-57-51(54)45-42-39-36-33-30-21-18-15-12-9-6-3)59-53(56)47-44-41-38-35-32-29-27-25-23-20-17-14-11-8-5-2/h16,19,24-27,50H,4-15,17-18,20-23,28-49H2,1-3H3/b19-16-,26-24-,27-25-/t50-/m1/s1. The van der Waals surface area contributed by atoms with E-state index in [0.717, 1.165) is 83.5 Å². The molecule has 344 valence electrons. The molecule has 0 rings (SSSR count). The number of ether oxygens (including phenoxy) is 3. The molecule has 0 aromatic rings. The van der Waals surface area contributed by atoms with Gasteiger partial charge in [-0.05, 0) is 77.0 Å². The zero-order valence-corrected chi connectivity index (χ0v) is 39.3. The number of esters is 3. The highest BCUT2D eigenvalue weighted by atomic mass is 16.6. The largest absolute Gasteiger partial charge is 0.462 e. The van der Waals surface area contributed by atoms with E-state index in [9.17, 15) is 14.4 Å². The molecule has 0 amide bonds. The van der Waals surface area contributed by atoms with Crippen LogP contribution in [0.2, 0.25) is 0 Å². The highest BCUT2D eigenvalue weighted by Gasteiger charge is 2.19. The van der Waals surface area contributed by atoms with Gasteiger partial charge in [-0.2, -0.15) is 0 Å². The van der Waals surface area contributed by atoms with Crippen LogP contribution in [-0.4, -0.2) is 37.2 Å². The van der Waals surface area contributed by atoms with Gasteiger partial charge in [-0.25, -0.2) is 0 Å². The van der Waals surface area contributed by atoms with Gasteiger partial charge < -0.3 is 14.2 Å². The van der Waals surface area contributed by atoms with Gasteiger partial charge in [0.05, 0.1) is 0 Å². The highest BCUT2D eigenvalue weighted by molar-refractivity contribution is 5.71. The molecule has 0 aliphatic rings. The summed E-state index contributed by atoms with van der Waals surface area (Å²) in [7, 11) is 0. The first-order chi connectivity index (χ1) is 29.0. The molecule has 6 heteroatoms. The summed E-state index contributed by atoms with van der Waals surface area (Å²) in [6, 6.07) is 0.